The quantitative estimate of drug-likeness (QED) is 0.0414. The second-order valence-corrected chi connectivity index (χ2v) is 19.1. The Balaban J connectivity index is 4.93. The molecule has 0 amide bonds. The molecule has 0 aliphatic carbocycles. The molecule has 63 heavy (non-hydrogen) atoms. The molecule has 0 aliphatic rings. The highest BCUT2D eigenvalue weighted by molar-refractivity contribution is 6.02. The SMILES string of the molecule is CCC=CCC=CCC=CCCCCCCC(=O)CC(O)(C(=O)CCCCCCCCCCCCCCCCC)C(O)(CO)C(=O)CCCCCCCCCCCCCCCCC. The lowest BCUT2D eigenvalue weighted by Gasteiger charge is -2.40. The number of unbranched alkanes of at least 4 members (excludes halogenated alkanes) is 32. The molecule has 0 bridgehead atoms. The van der Waals surface area contributed by atoms with Gasteiger partial charge in [0, 0.05) is 25.7 Å². The Morgan fingerprint density at radius 2 is 0.667 bits per heavy atom. The number of Topliss-reactive ketones (excluding diaryl/α,β-unsaturated/α-hetero) is 3. The number of carbonyl (C=O) groups is 3. The molecule has 0 radical (unpaired) electrons. The van der Waals surface area contributed by atoms with Crippen molar-refractivity contribution >= 4 is 17.3 Å². The maximum Gasteiger partial charge on any atom is 0.182 e. The van der Waals surface area contributed by atoms with Crippen LogP contribution in [0, 0.1) is 0 Å². The number of hydrogen-bond donors (Lipinski definition) is 3. The highest BCUT2D eigenvalue weighted by Gasteiger charge is 2.58. The summed E-state index contributed by atoms with van der Waals surface area (Å²) in [5.41, 5.74) is -5.33. The Hall–Kier alpha value is -1.89. The van der Waals surface area contributed by atoms with E-state index in [1.165, 1.54) is 141 Å². The van der Waals surface area contributed by atoms with Crippen molar-refractivity contribution in [2.24, 2.45) is 0 Å². The molecule has 2 unspecified atom stereocenters. The molecule has 6 heteroatoms. The zero-order valence-electron chi connectivity index (χ0n) is 41.9. The Labute approximate surface area is 390 Å². The summed E-state index contributed by atoms with van der Waals surface area (Å²) in [5, 5.41) is 34.2. The lowest BCUT2D eigenvalue weighted by atomic mass is 9.71. The normalized spacial score (nSPS) is 14.0. The lowest BCUT2D eigenvalue weighted by Crippen LogP contribution is -2.66. The predicted molar refractivity (Wildman–Crippen MR) is 270 cm³/mol. The number of aliphatic hydroxyl groups is 3. The van der Waals surface area contributed by atoms with Crippen molar-refractivity contribution in [1.82, 2.24) is 0 Å². The van der Waals surface area contributed by atoms with Crippen LogP contribution in [0.4, 0.5) is 0 Å². The molecule has 0 fully saturated rings. The van der Waals surface area contributed by atoms with Crippen LogP contribution in [0.25, 0.3) is 0 Å². The fourth-order valence-electron chi connectivity index (χ4n) is 8.79. The second-order valence-electron chi connectivity index (χ2n) is 19.1. The molecule has 0 heterocycles. The molecule has 0 saturated carbocycles. The van der Waals surface area contributed by atoms with Crippen LogP contribution >= 0.6 is 0 Å². The van der Waals surface area contributed by atoms with Crippen LogP contribution < -0.4 is 0 Å². The molecule has 0 aromatic carbocycles. The topological polar surface area (TPSA) is 112 Å². The van der Waals surface area contributed by atoms with Crippen molar-refractivity contribution in [2.75, 3.05) is 6.61 Å². The first kappa shape index (κ1) is 61.1. The monoisotopic (exact) mass is 885 g/mol. The minimum Gasteiger partial charge on any atom is -0.393 e. The smallest absolute Gasteiger partial charge is 0.182 e. The van der Waals surface area contributed by atoms with E-state index >= 15 is 0 Å². The van der Waals surface area contributed by atoms with Crippen LogP contribution in [0.3, 0.4) is 0 Å². The third-order valence-electron chi connectivity index (χ3n) is 13.2. The Kier molecular flexibility index (Phi) is 43.9. The fourth-order valence-corrected chi connectivity index (χ4v) is 8.79. The van der Waals surface area contributed by atoms with Gasteiger partial charge in [0.15, 0.2) is 22.8 Å². The highest BCUT2D eigenvalue weighted by atomic mass is 16.4. The van der Waals surface area contributed by atoms with E-state index in [9.17, 15) is 29.7 Å². The van der Waals surface area contributed by atoms with Gasteiger partial charge in [0.05, 0.1) is 6.61 Å². The van der Waals surface area contributed by atoms with Gasteiger partial charge in [-0.2, -0.15) is 0 Å². The average molecular weight is 885 g/mol. The first-order valence-corrected chi connectivity index (χ1v) is 27.3. The van der Waals surface area contributed by atoms with E-state index < -0.39 is 35.8 Å². The summed E-state index contributed by atoms with van der Waals surface area (Å²) in [6.45, 7) is 5.56. The molecule has 368 valence electrons. The molecule has 0 saturated heterocycles. The van der Waals surface area contributed by atoms with Gasteiger partial charge in [-0.1, -0.05) is 250 Å². The van der Waals surface area contributed by atoms with Crippen molar-refractivity contribution in [3.63, 3.8) is 0 Å². The van der Waals surface area contributed by atoms with E-state index in [-0.39, 0.29) is 25.0 Å². The molecule has 0 aromatic rings. The lowest BCUT2D eigenvalue weighted by molar-refractivity contribution is -0.193. The first-order chi connectivity index (χ1) is 30.7. The molecule has 6 nitrogen and oxygen atoms in total. The maximum absolute atomic E-state index is 13.8. The molecule has 0 spiro atoms. The summed E-state index contributed by atoms with van der Waals surface area (Å²) in [4.78, 5) is 40.8. The van der Waals surface area contributed by atoms with Crippen LogP contribution in [0.1, 0.15) is 290 Å². The first-order valence-electron chi connectivity index (χ1n) is 27.3. The van der Waals surface area contributed by atoms with Gasteiger partial charge < -0.3 is 15.3 Å². The van der Waals surface area contributed by atoms with E-state index in [1.807, 2.05) is 0 Å². The second kappa shape index (κ2) is 45.3. The number of ketones is 3. The summed E-state index contributed by atoms with van der Waals surface area (Å²) in [7, 11) is 0. The van der Waals surface area contributed by atoms with Crippen LogP contribution in [0.15, 0.2) is 36.5 Å². The number of hydrogen-bond acceptors (Lipinski definition) is 6. The third-order valence-corrected chi connectivity index (χ3v) is 13.2. The predicted octanol–water partition coefficient (Wildman–Crippen LogP) is 16.3. The van der Waals surface area contributed by atoms with Crippen molar-refractivity contribution in [3.8, 4) is 0 Å². The van der Waals surface area contributed by atoms with Gasteiger partial charge in [-0.25, -0.2) is 0 Å². The van der Waals surface area contributed by atoms with Crippen molar-refractivity contribution in [1.29, 1.82) is 0 Å². The van der Waals surface area contributed by atoms with Crippen LogP contribution in [0.2, 0.25) is 0 Å². The summed E-state index contributed by atoms with van der Waals surface area (Å²) in [6.07, 6.45) is 55.6. The Morgan fingerprint density at radius 1 is 0.365 bits per heavy atom. The maximum atomic E-state index is 13.8. The molecule has 0 aliphatic heterocycles. The van der Waals surface area contributed by atoms with Crippen LogP contribution in [-0.2, 0) is 14.4 Å². The van der Waals surface area contributed by atoms with Gasteiger partial charge >= 0.3 is 0 Å². The third kappa shape index (κ3) is 34.1. The summed E-state index contributed by atoms with van der Waals surface area (Å²) >= 11 is 0. The summed E-state index contributed by atoms with van der Waals surface area (Å²) in [5.74, 6) is -1.79. The van der Waals surface area contributed by atoms with Gasteiger partial charge in [0.1, 0.15) is 5.78 Å². The molecule has 0 rings (SSSR count). The zero-order valence-corrected chi connectivity index (χ0v) is 41.9. The van der Waals surface area contributed by atoms with Crippen molar-refractivity contribution < 1.29 is 29.7 Å². The van der Waals surface area contributed by atoms with E-state index in [1.54, 1.807) is 0 Å². The number of aliphatic hydroxyl groups excluding tert-OH is 1. The number of carbonyl (C=O) groups excluding carboxylic acids is 3. The van der Waals surface area contributed by atoms with Gasteiger partial charge in [-0.15, -0.1) is 0 Å². The number of allylic oxidation sites excluding steroid dienone is 6. The van der Waals surface area contributed by atoms with E-state index in [0.717, 1.165) is 83.5 Å². The molecule has 2 atom stereocenters. The minimum atomic E-state index is -2.70. The zero-order chi connectivity index (χ0) is 46.4. The molecular weight excluding hydrogens is 781 g/mol. The van der Waals surface area contributed by atoms with Crippen LogP contribution in [-0.4, -0.2) is 50.5 Å². The van der Waals surface area contributed by atoms with Gasteiger partial charge in [-0.3, -0.25) is 14.4 Å². The fraction of sp³-hybridized carbons (Fsp3) is 0.842. The molecule has 3 N–H and O–H groups in total. The largest absolute Gasteiger partial charge is 0.393 e. The average Bonchev–Trinajstić information content (AvgIpc) is 3.28. The van der Waals surface area contributed by atoms with Gasteiger partial charge in [0.2, 0.25) is 0 Å². The van der Waals surface area contributed by atoms with E-state index in [2.05, 4.69) is 57.2 Å². The molecule has 0 aromatic heterocycles. The van der Waals surface area contributed by atoms with Gasteiger partial charge in [0.25, 0.3) is 0 Å². The van der Waals surface area contributed by atoms with Crippen LogP contribution in [0.5, 0.6) is 0 Å². The number of rotatable bonds is 50. The Bertz CT molecular complexity index is 1140. The van der Waals surface area contributed by atoms with Crippen molar-refractivity contribution in [2.45, 2.75) is 302 Å². The Morgan fingerprint density at radius 3 is 1.03 bits per heavy atom. The standard InChI is InChI=1S/C57H104O6/c1-4-7-10-13-16-19-22-25-28-31-34-37-40-43-46-49-54(60)56(62,51-53(59)48-45-42-39-36-33-30-27-24-21-18-15-12-9-6-3)57(63,52-58)55(61)50-47-44-41-38-35-32-29-26-23-20-17-14-11-8-5-2/h9,12,18,21,27,30,58,62-63H,4-8,10-11,13-17,19-20,22-26,28-29,31-52H2,1-3H3. The van der Waals surface area contributed by atoms with E-state index in [0.29, 0.717) is 19.3 Å². The highest BCUT2D eigenvalue weighted by Crippen LogP contribution is 2.33. The minimum absolute atomic E-state index is 0.0319. The van der Waals surface area contributed by atoms with E-state index in [4.69, 9.17) is 0 Å². The van der Waals surface area contributed by atoms with Gasteiger partial charge in [-0.05, 0) is 51.4 Å². The van der Waals surface area contributed by atoms with Crippen molar-refractivity contribution in [3.05, 3.63) is 36.5 Å². The summed E-state index contributed by atoms with van der Waals surface area (Å²) < 4.78 is 0. The molecular formula is C57H104O6. The summed E-state index contributed by atoms with van der Waals surface area (Å²) in [6, 6.07) is 0.